The number of rotatable bonds is 4. The van der Waals surface area contributed by atoms with Gasteiger partial charge in [-0.2, -0.15) is 0 Å². The maximum absolute atomic E-state index is 12.9. The van der Waals surface area contributed by atoms with E-state index in [4.69, 9.17) is 5.41 Å². The van der Waals surface area contributed by atoms with E-state index < -0.39 is 0 Å². The Kier molecular flexibility index (Phi) is 4.05. The van der Waals surface area contributed by atoms with Crippen molar-refractivity contribution >= 4 is 16.9 Å². The molecule has 92 valence electrons. The molecule has 1 aliphatic rings. The molecule has 0 bridgehead atoms. The molecule has 1 aromatic carbocycles. The van der Waals surface area contributed by atoms with Crippen LogP contribution in [-0.2, 0) is 0 Å². The van der Waals surface area contributed by atoms with Crippen molar-refractivity contribution in [2.75, 3.05) is 6.26 Å². The Hall–Kier alpha value is -1.03. The molecule has 0 saturated heterocycles. The molecule has 4 heteroatoms. The Morgan fingerprint density at radius 2 is 2.12 bits per heavy atom. The molecule has 1 atom stereocenters. The molecule has 1 aromatic rings. The van der Waals surface area contributed by atoms with Crippen molar-refractivity contribution in [3.8, 4) is 0 Å². The van der Waals surface area contributed by atoms with Crippen LogP contribution in [0.3, 0.4) is 0 Å². The van der Waals surface area contributed by atoms with Gasteiger partial charge in [-0.05, 0) is 36.3 Å². The second-order valence-corrected chi connectivity index (χ2v) is 5.28. The van der Waals surface area contributed by atoms with Crippen LogP contribution >= 0.6 is 11.8 Å². The average Bonchev–Trinajstić information content (AvgIpc) is 3.13. The first-order valence-electron chi connectivity index (χ1n) is 5.83. The first kappa shape index (κ1) is 12.4. The molecule has 17 heavy (non-hydrogen) atoms. The van der Waals surface area contributed by atoms with E-state index in [1.165, 1.54) is 36.7 Å². The Morgan fingerprint density at radius 3 is 2.65 bits per heavy atom. The van der Waals surface area contributed by atoms with E-state index in [2.05, 4.69) is 5.32 Å². The molecule has 1 fully saturated rings. The molecule has 1 aliphatic carbocycles. The van der Waals surface area contributed by atoms with Gasteiger partial charge in [-0.15, -0.1) is 0 Å². The van der Waals surface area contributed by atoms with Gasteiger partial charge in [0.15, 0.2) is 5.17 Å². The number of nitrogens with one attached hydrogen (secondary N) is 2. The lowest BCUT2D eigenvalue weighted by molar-refractivity contribution is 0.548. The van der Waals surface area contributed by atoms with Crippen LogP contribution in [0.1, 0.15) is 30.9 Å². The van der Waals surface area contributed by atoms with E-state index >= 15 is 0 Å². The van der Waals surface area contributed by atoms with E-state index in [0.29, 0.717) is 5.17 Å². The maximum atomic E-state index is 12.9. The number of hydrogen-bond donors (Lipinski definition) is 2. The van der Waals surface area contributed by atoms with Crippen LogP contribution in [0.25, 0.3) is 0 Å². The van der Waals surface area contributed by atoms with Crippen LogP contribution < -0.4 is 5.32 Å². The summed E-state index contributed by atoms with van der Waals surface area (Å²) in [6.07, 6.45) is 5.49. The number of benzene rings is 1. The third kappa shape index (κ3) is 3.73. The van der Waals surface area contributed by atoms with E-state index in [9.17, 15) is 4.39 Å². The largest absolute Gasteiger partial charge is 0.358 e. The number of hydrogen-bond acceptors (Lipinski definition) is 2. The predicted molar refractivity (Wildman–Crippen MR) is 70.9 cm³/mol. The minimum atomic E-state index is -0.209. The zero-order valence-electron chi connectivity index (χ0n) is 9.87. The zero-order chi connectivity index (χ0) is 12.3. The Bertz CT molecular complexity index is 387. The average molecular weight is 252 g/mol. The Labute approximate surface area is 106 Å². The minimum absolute atomic E-state index is 0.142. The number of thioether (sulfide) groups is 1. The Morgan fingerprint density at radius 1 is 1.47 bits per heavy atom. The van der Waals surface area contributed by atoms with Gasteiger partial charge in [0.2, 0.25) is 0 Å². The summed E-state index contributed by atoms with van der Waals surface area (Å²) in [4.78, 5) is 0. The number of amidine groups is 1. The smallest absolute Gasteiger partial charge is 0.153 e. The van der Waals surface area contributed by atoms with Gasteiger partial charge in [0, 0.05) is 0 Å². The molecule has 0 amide bonds. The highest BCUT2D eigenvalue weighted by atomic mass is 32.2. The van der Waals surface area contributed by atoms with E-state index in [1.807, 2.05) is 18.4 Å². The van der Waals surface area contributed by atoms with Crippen molar-refractivity contribution in [3.05, 3.63) is 35.6 Å². The van der Waals surface area contributed by atoms with Gasteiger partial charge >= 0.3 is 0 Å². The fourth-order valence-electron chi connectivity index (χ4n) is 1.88. The van der Waals surface area contributed by atoms with Gasteiger partial charge in [-0.25, -0.2) is 4.39 Å². The summed E-state index contributed by atoms with van der Waals surface area (Å²) in [5, 5.41) is 11.4. The first-order valence-corrected chi connectivity index (χ1v) is 7.06. The van der Waals surface area contributed by atoms with Crippen LogP contribution in [0.5, 0.6) is 0 Å². The monoisotopic (exact) mass is 252 g/mol. The van der Waals surface area contributed by atoms with Crippen LogP contribution in [0, 0.1) is 17.1 Å². The van der Waals surface area contributed by atoms with Crippen molar-refractivity contribution in [2.45, 2.75) is 25.3 Å². The third-order valence-corrected chi connectivity index (χ3v) is 3.57. The molecule has 0 radical (unpaired) electrons. The summed E-state index contributed by atoms with van der Waals surface area (Å²) in [5.41, 5.74) is 1.07. The molecule has 0 aromatic heterocycles. The molecular weight excluding hydrogens is 235 g/mol. The normalized spacial score (nSPS) is 16.6. The maximum Gasteiger partial charge on any atom is 0.153 e. The molecule has 2 N–H and O–H groups in total. The summed E-state index contributed by atoms with van der Waals surface area (Å²) in [5.74, 6) is 0.561. The fraction of sp³-hybridized carbons (Fsp3) is 0.462. The lowest BCUT2D eigenvalue weighted by atomic mass is 10.0. The highest BCUT2D eigenvalue weighted by molar-refractivity contribution is 8.13. The highest BCUT2D eigenvalue weighted by Crippen LogP contribution is 2.37. The second kappa shape index (κ2) is 5.54. The predicted octanol–water partition coefficient (Wildman–Crippen LogP) is 3.55. The first-order chi connectivity index (χ1) is 8.19. The van der Waals surface area contributed by atoms with Gasteiger partial charge in [0.05, 0.1) is 6.04 Å². The lowest BCUT2D eigenvalue weighted by Gasteiger charge is -2.19. The van der Waals surface area contributed by atoms with E-state index in [1.54, 1.807) is 0 Å². The van der Waals surface area contributed by atoms with Gasteiger partial charge in [0.25, 0.3) is 0 Å². The van der Waals surface area contributed by atoms with Crippen LogP contribution in [0.15, 0.2) is 24.3 Å². The number of halogens is 1. The molecule has 0 aliphatic heterocycles. The van der Waals surface area contributed by atoms with Crippen molar-refractivity contribution in [3.63, 3.8) is 0 Å². The minimum Gasteiger partial charge on any atom is -0.358 e. The van der Waals surface area contributed by atoms with E-state index in [0.717, 1.165) is 17.9 Å². The second-order valence-electron chi connectivity index (χ2n) is 4.46. The van der Waals surface area contributed by atoms with Gasteiger partial charge in [0.1, 0.15) is 5.82 Å². The van der Waals surface area contributed by atoms with Crippen molar-refractivity contribution < 1.29 is 4.39 Å². The summed E-state index contributed by atoms with van der Waals surface area (Å²) in [6.45, 7) is 0. The molecule has 2 rings (SSSR count). The standard InChI is InChI=1S/C13H17FN2S/c1-17-13(15)16-12(8-9-2-3-9)10-4-6-11(14)7-5-10/h4-7,9,12H,2-3,8H2,1H3,(H2,15,16). The van der Waals surface area contributed by atoms with Crippen molar-refractivity contribution in [1.29, 1.82) is 5.41 Å². The van der Waals surface area contributed by atoms with E-state index in [-0.39, 0.29) is 11.9 Å². The molecule has 1 unspecified atom stereocenters. The van der Waals surface area contributed by atoms with Crippen LogP contribution in [-0.4, -0.2) is 11.4 Å². The Balaban J connectivity index is 2.07. The molecule has 0 spiro atoms. The summed E-state index contributed by atoms with van der Waals surface area (Å²) in [7, 11) is 0. The van der Waals surface area contributed by atoms with Crippen molar-refractivity contribution in [1.82, 2.24) is 5.32 Å². The topological polar surface area (TPSA) is 35.9 Å². The molecular formula is C13H17FN2S. The fourth-order valence-corrected chi connectivity index (χ4v) is 2.14. The summed E-state index contributed by atoms with van der Waals surface area (Å²) < 4.78 is 12.9. The lowest BCUT2D eigenvalue weighted by Crippen LogP contribution is -2.25. The highest BCUT2D eigenvalue weighted by Gasteiger charge is 2.26. The summed E-state index contributed by atoms with van der Waals surface area (Å²) >= 11 is 1.40. The third-order valence-electron chi connectivity index (χ3n) is 3.05. The van der Waals surface area contributed by atoms with Gasteiger partial charge in [-0.3, -0.25) is 5.41 Å². The molecule has 1 saturated carbocycles. The SMILES string of the molecule is CSC(=N)NC(CC1CC1)c1ccc(F)cc1. The molecule has 2 nitrogen and oxygen atoms in total. The summed E-state index contributed by atoms with van der Waals surface area (Å²) in [6, 6.07) is 6.73. The van der Waals surface area contributed by atoms with Gasteiger partial charge in [-0.1, -0.05) is 36.7 Å². The van der Waals surface area contributed by atoms with Crippen LogP contribution in [0.4, 0.5) is 4.39 Å². The molecule has 0 heterocycles. The quantitative estimate of drug-likeness (QED) is 0.635. The van der Waals surface area contributed by atoms with Gasteiger partial charge < -0.3 is 5.32 Å². The van der Waals surface area contributed by atoms with Crippen molar-refractivity contribution in [2.24, 2.45) is 5.92 Å². The van der Waals surface area contributed by atoms with Crippen LogP contribution in [0.2, 0.25) is 0 Å². The zero-order valence-corrected chi connectivity index (χ0v) is 10.7.